The van der Waals surface area contributed by atoms with Gasteiger partial charge in [0.05, 0.1) is 18.0 Å². The van der Waals surface area contributed by atoms with Gasteiger partial charge in [-0.25, -0.2) is 4.98 Å². The van der Waals surface area contributed by atoms with Crippen LogP contribution in [-0.2, 0) is 15.7 Å². The van der Waals surface area contributed by atoms with Gasteiger partial charge in [0.1, 0.15) is 17.6 Å². The number of hydrogen-bond donors (Lipinski definition) is 1. The molecule has 0 radical (unpaired) electrons. The van der Waals surface area contributed by atoms with Crippen molar-refractivity contribution in [2.24, 2.45) is 0 Å². The Morgan fingerprint density at radius 2 is 2.19 bits per heavy atom. The summed E-state index contributed by atoms with van der Waals surface area (Å²) in [4.78, 5) is 24.0. The van der Waals surface area contributed by atoms with E-state index in [0.29, 0.717) is 12.3 Å². The number of ether oxygens (including phenoxy) is 1. The lowest BCUT2D eigenvalue weighted by atomic mass is 10.2. The molecule has 1 rings (SSSR count). The van der Waals surface area contributed by atoms with Crippen molar-refractivity contribution >= 4 is 17.3 Å². The van der Waals surface area contributed by atoms with Crippen molar-refractivity contribution in [3.05, 3.63) is 28.1 Å². The van der Waals surface area contributed by atoms with Crippen LogP contribution < -0.4 is 5.32 Å². The number of nitrogens with zero attached hydrogens (tertiary/aromatic N) is 2. The Morgan fingerprint density at radius 1 is 1.52 bits per heavy atom. The predicted molar refractivity (Wildman–Crippen MR) is 65.6 cm³/mol. The molecule has 7 nitrogen and oxygen atoms in total. The van der Waals surface area contributed by atoms with Gasteiger partial charge in [0.25, 0.3) is 0 Å². The van der Waals surface area contributed by atoms with Crippen LogP contribution in [0.3, 0.4) is 0 Å². The summed E-state index contributed by atoms with van der Waals surface area (Å²) in [6, 6.07) is 0.531. The minimum absolute atomic E-state index is 0.0962. The number of aromatic nitrogens is 1. The number of nitro groups is 1. The summed E-state index contributed by atoms with van der Waals surface area (Å²) in [5.41, 5.74) is -2.22. The Labute approximate surface area is 117 Å². The lowest BCUT2D eigenvalue weighted by molar-refractivity contribution is -0.384. The van der Waals surface area contributed by atoms with E-state index in [1.54, 1.807) is 6.92 Å². The SMILES string of the molecule is CCOC(=O)CCNc1cc(C(F)(F)F)ncc1[N+](=O)[O-]. The zero-order chi connectivity index (χ0) is 16.0. The first-order valence-electron chi connectivity index (χ1n) is 5.86. The number of carbonyl (C=O) groups is 1. The van der Waals surface area contributed by atoms with Gasteiger partial charge in [-0.1, -0.05) is 0 Å². The maximum Gasteiger partial charge on any atom is 0.433 e. The molecule has 0 saturated carbocycles. The summed E-state index contributed by atoms with van der Waals surface area (Å²) >= 11 is 0. The van der Waals surface area contributed by atoms with Crippen LogP contribution >= 0.6 is 0 Å². The van der Waals surface area contributed by atoms with Gasteiger partial charge in [-0.2, -0.15) is 13.2 Å². The molecule has 1 aromatic rings. The minimum Gasteiger partial charge on any atom is -0.466 e. The molecular weight excluding hydrogens is 295 g/mol. The van der Waals surface area contributed by atoms with Gasteiger partial charge in [-0.15, -0.1) is 0 Å². The van der Waals surface area contributed by atoms with Crippen molar-refractivity contribution in [1.82, 2.24) is 4.98 Å². The standard InChI is InChI=1S/C11H12F3N3O4/c1-2-21-10(18)3-4-15-7-5-9(11(12,13)14)16-6-8(7)17(19)20/h5-6H,2-4H2,1H3,(H,15,16). The molecule has 0 amide bonds. The van der Waals surface area contributed by atoms with E-state index in [-0.39, 0.29) is 25.3 Å². The van der Waals surface area contributed by atoms with Crippen molar-refractivity contribution in [2.75, 3.05) is 18.5 Å². The van der Waals surface area contributed by atoms with Crippen molar-refractivity contribution in [3.8, 4) is 0 Å². The van der Waals surface area contributed by atoms with E-state index in [1.807, 2.05) is 0 Å². The minimum atomic E-state index is -4.72. The number of hydrogen-bond acceptors (Lipinski definition) is 6. The molecule has 1 aromatic heterocycles. The molecule has 116 valence electrons. The van der Waals surface area contributed by atoms with Crippen LogP contribution in [0.25, 0.3) is 0 Å². The van der Waals surface area contributed by atoms with Gasteiger partial charge in [0, 0.05) is 6.54 Å². The molecule has 0 bridgehead atoms. The van der Waals surface area contributed by atoms with E-state index in [0.717, 1.165) is 0 Å². The van der Waals surface area contributed by atoms with E-state index >= 15 is 0 Å². The number of pyridine rings is 1. The first-order chi connectivity index (χ1) is 9.75. The Balaban J connectivity index is 2.87. The van der Waals surface area contributed by atoms with E-state index in [2.05, 4.69) is 15.0 Å². The van der Waals surface area contributed by atoms with Crippen molar-refractivity contribution in [3.63, 3.8) is 0 Å². The molecule has 0 saturated heterocycles. The normalized spacial score (nSPS) is 11.0. The smallest absolute Gasteiger partial charge is 0.433 e. The molecule has 0 aromatic carbocycles. The number of alkyl halides is 3. The highest BCUT2D eigenvalue weighted by Gasteiger charge is 2.34. The summed E-state index contributed by atoms with van der Waals surface area (Å²) < 4.78 is 42.2. The molecule has 0 unspecified atom stereocenters. The van der Waals surface area contributed by atoms with Crippen molar-refractivity contribution in [1.29, 1.82) is 0 Å². The lowest BCUT2D eigenvalue weighted by Crippen LogP contribution is -2.14. The third kappa shape index (κ3) is 4.89. The second kappa shape index (κ2) is 6.86. The fourth-order valence-corrected chi connectivity index (χ4v) is 1.42. The van der Waals surface area contributed by atoms with E-state index in [1.165, 1.54) is 0 Å². The number of carbonyl (C=O) groups excluding carboxylic acids is 1. The maximum absolute atomic E-state index is 12.5. The average Bonchev–Trinajstić information content (AvgIpc) is 2.37. The molecule has 0 aliphatic rings. The summed E-state index contributed by atoms with van der Waals surface area (Å²) in [5, 5.41) is 13.1. The first kappa shape index (κ1) is 16.7. The van der Waals surface area contributed by atoms with E-state index < -0.39 is 28.5 Å². The summed E-state index contributed by atoms with van der Waals surface area (Å²) in [6.45, 7) is 1.68. The van der Waals surface area contributed by atoms with Gasteiger partial charge in [-0.3, -0.25) is 14.9 Å². The number of esters is 1. The number of halogens is 3. The number of rotatable bonds is 6. The van der Waals surface area contributed by atoms with Crippen LogP contribution in [0.2, 0.25) is 0 Å². The third-order valence-corrected chi connectivity index (χ3v) is 2.32. The van der Waals surface area contributed by atoms with Crippen molar-refractivity contribution < 1.29 is 27.6 Å². The highest BCUT2D eigenvalue weighted by Crippen LogP contribution is 2.32. The van der Waals surface area contributed by atoms with E-state index in [4.69, 9.17) is 0 Å². The molecule has 0 aliphatic heterocycles. The Kier molecular flexibility index (Phi) is 5.44. The summed E-state index contributed by atoms with van der Waals surface area (Å²) in [6.07, 6.45) is -4.32. The number of nitrogens with one attached hydrogen (secondary N) is 1. The molecule has 10 heteroatoms. The largest absolute Gasteiger partial charge is 0.466 e. The molecule has 21 heavy (non-hydrogen) atoms. The molecule has 1 heterocycles. The van der Waals surface area contributed by atoms with Crippen LogP contribution in [0.1, 0.15) is 19.0 Å². The van der Waals surface area contributed by atoms with Gasteiger partial charge >= 0.3 is 17.8 Å². The number of anilines is 1. The molecule has 0 spiro atoms. The highest BCUT2D eigenvalue weighted by molar-refractivity contribution is 5.70. The van der Waals surface area contributed by atoms with Crippen LogP contribution in [-0.4, -0.2) is 29.0 Å². The molecule has 1 N–H and O–H groups in total. The highest BCUT2D eigenvalue weighted by atomic mass is 19.4. The molecule has 0 fully saturated rings. The van der Waals surface area contributed by atoms with Crippen molar-refractivity contribution in [2.45, 2.75) is 19.5 Å². The fourth-order valence-electron chi connectivity index (χ4n) is 1.42. The average molecular weight is 307 g/mol. The topological polar surface area (TPSA) is 94.4 Å². The van der Waals surface area contributed by atoms with E-state index in [9.17, 15) is 28.1 Å². The first-order valence-corrected chi connectivity index (χ1v) is 5.86. The van der Waals surface area contributed by atoms with Gasteiger partial charge in [0.2, 0.25) is 0 Å². The second-order valence-corrected chi connectivity index (χ2v) is 3.82. The predicted octanol–water partition coefficient (Wildman–Crippen LogP) is 2.37. The van der Waals surface area contributed by atoms with Crippen LogP contribution in [0.15, 0.2) is 12.3 Å². The van der Waals surface area contributed by atoms with Crippen LogP contribution in [0.5, 0.6) is 0 Å². The zero-order valence-electron chi connectivity index (χ0n) is 10.9. The van der Waals surface area contributed by atoms with Crippen LogP contribution in [0, 0.1) is 10.1 Å². The van der Waals surface area contributed by atoms with Gasteiger partial charge < -0.3 is 10.1 Å². The third-order valence-electron chi connectivity index (χ3n) is 2.32. The molecular formula is C11H12F3N3O4. The monoisotopic (exact) mass is 307 g/mol. The fraction of sp³-hybridized carbons (Fsp3) is 0.455. The summed E-state index contributed by atoms with van der Waals surface area (Å²) in [5.74, 6) is -0.558. The molecule has 0 aliphatic carbocycles. The lowest BCUT2D eigenvalue weighted by Gasteiger charge is -2.10. The van der Waals surface area contributed by atoms with Gasteiger partial charge in [-0.05, 0) is 13.0 Å². The van der Waals surface area contributed by atoms with Crippen LogP contribution in [0.4, 0.5) is 24.5 Å². The maximum atomic E-state index is 12.5. The molecule has 0 atom stereocenters. The Morgan fingerprint density at radius 3 is 2.71 bits per heavy atom. The Hall–Kier alpha value is -2.39. The van der Waals surface area contributed by atoms with Gasteiger partial charge in [0.15, 0.2) is 0 Å². The quantitative estimate of drug-likeness (QED) is 0.492. The zero-order valence-corrected chi connectivity index (χ0v) is 10.9. The summed E-state index contributed by atoms with van der Waals surface area (Å²) in [7, 11) is 0. The Bertz CT molecular complexity index is 534. The second-order valence-electron chi connectivity index (χ2n) is 3.82.